The van der Waals surface area contributed by atoms with Gasteiger partial charge >= 0.3 is 0 Å². The average Bonchev–Trinajstić information content (AvgIpc) is 3.01. The maximum absolute atomic E-state index is 12.7. The van der Waals surface area contributed by atoms with Crippen molar-refractivity contribution >= 4 is 11.8 Å². The van der Waals surface area contributed by atoms with E-state index in [1.165, 1.54) is 4.90 Å². The van der Waals surface area contributed by atoms with Gasteiger partial charge in [-0.2, -0.15) is 0 Å². The van der Waals surface area contributed by atoms with Gasteiger partial charge in [0.25, 0.3) is 0 Å². The van der Waals surface area contributed by atoms with E-state index in [2.05, 4.69) is 0 Å². The number of nitrogens with zero attached hydrogens (tertiary/aromatic N) is 1. The number of β-amino-alcohol motifs (C(OH)–C–C–N with tert-alkyl or cyclic N) is 1. The summed E-state index contributed by atoms with van der Waals surface area (Å²) in [5, 5.41) is 10.6. The van der Waals surface area contributed by atoms with Gasteiger partial charge < -0.3 is 9.84 Å². The van der Waals surface area contributed by atoms with Crippen molar-refractivity contribution in [2.75, 3.05) is 13.2 Å². The summed E-state index contributed by atoms with van der Waals surface area (Å²) in [4.78, 5) is 26.6. The molecule has 0 spiro atoms. The summed E-state index contributed by atoms with van der Waals surface area (Å²) >= 11 is 0. The van der Waals surface area contributed by atoms with Crippen molar-refractivity contribution in [2.45, 2.75) is 44.8 Å². The highest BCUT2D eigenvalue weighted by atomic mass is 16.5. The minimum Gasteiger partial charge on any atom is -0.389 e. The minimum absolute atomic E-state index is 0.0000736. The zero-order valence-corrected chi connectivity index (χ0v) is 17.4. The summed E-state index contributed by atoms with van der Waals surface area (Å²) in [5.41, 5.74) is 3.16. The first-order valence-corrected chi connectivity index (χ1v) is 10.8. The second-order valence-corrected chi connectivity index (χ2v) is 8.47. The molecule has 2 aromatic rings. The molecular formula is C25H29NO4. The number of benzene rings is 2. The quantitative estimate of drug-likeness (QED) is 0.712. The molecule has 1 aliphatic heterocycles. The second-order valence-electron chi connectivity index (χ2n) is 8.47. The van der Waals surface area contributed by atoms with Gasteiger partial charge in [-0.25, -0.2) is 0 Å². The van der Waals surface area contributed by atoms with Gasteiger partial charge in [-0.05, 0) is 30.9 Å². The van der Waals surface area contributed by atoms with Gasteiger partial charge in [0, 0.05) is 0 Å². The molecule has 30 heavy (non-hydrogen) atoms. The van der Waals surface area contributed by atoms with E-state index in [1.54, 1.807) is 0 Å². The fraction of sp³-hybridized carbons (Fsp3) is 0.440. The van der Waals surface area contributed by atoms with Crippen LogP contribution in [-0.4, -0.2) is 41.1 Å². The molecule has 0 unspecified atom stereocenters. The van der Waals surface area contributed by atoms with E-state index in [1.807, 2.05) is 61.5 Å². The van der Waals surface area contributed by atoms with Crippen LogP contribution in [0.2, 0.25) is 0 Å². The Morgan fingerprint density at radius 1 is 0.933 bits per heavy atom. The van der Waals surface area contributed by atoms with Crippen LogP contribution >= 0.6 is 0 Å². The Hall–Kier alpha value is -2.50. The van der Waals surface area contributed by atoms with Crippen LogP contribution in [0.4, 0.5) is 0 Å². The van der Waals surface area contributed by atoms with Crippen molar-refractivity contribution in [1.29, 1.82) is 0 Å². The Bertz CT molecular complexity index is 856. The maximum Gasteiger partial charge on any atom is 0.233 e. The van der Waals surface area contributed by atoms with E-state index < -0.39 is 6.10 Å². The number of hydrogen-bond acceptors (Lipinski definition) is 4. The van der Waals surface area contributed by atoms with Crippen LogP contribution in [0, 0.1) is 18.8 Å². The van der Waals surface area contributed by atoms with Crippen LogP contribution in [0.15, 0.2) is 54.6 Å². The molecule has 2 amide bonds. The number of likely N-dealkylation sites (tertiary alicyclic amines) is 1. The van der Waals surface area contributed by atoms with E-state index >= 15 is 0 Å². The molecule has 1 heterocycles. The standard InChI is InChI=1S/C25H29NO4/c1-17-11-13-19(14-12-17)23(18-7-3-2-4-8-18)30-16-20(27)15-26-24(28)21-9-5-6-10-22(21)25(26)29/h2-4,7-8,11-14,20-23,27H,5-6,9-10,15-16H2,1H3/t20-,21+,22+,23-/m1/s1. The van der Waals surface area contributed by atoms with E-state index in [9.17, 15) is 14.7 Å². The van der Waals surface area contributed by atoms with Crippen molar-refractivity contribution in [2.24, 2.45) is 11.8 Å². The summed E-state index contributed by atoms with van der Waals surface area (Å²) in [7, 11) is 0. The lowest BCUT2D eigenvalue weighted by molar-refractivity contribution is -0.142. The SMILES string of the molecule is Cc1ccc([C@H](OC[C@H](O)CN2C(=O)[C@H]3CCCC[C@@H]3C2=O)c2ccccc2)cc1. The zero-order valence-electron chi connectivity index (χ0n) is 17.4. The summed E-state index contributed by atoms with van der Waals surface area (Å²) < 4.78 is 6.12. The van der Waals surface area contributed by atoms with Crippen LogP contribution in [0.1, 0.15) is 48.5 Å². The fourth-order valence-corrected chi connectivity index (χ4v) is 4.64. The molecular weight excluding hydrogens is 378 g/mol. The van der Waals surface area contributed by atoms with E-state index in [-0.39, 0.29) is 42.9 Å². The molecule has 1 saturated heterocycles. The van der Waals surface area contributed by atoms with Crippen LogP contribution in [-0.2, 0) is 14.3 Å². The lowest BCUT2D eigenvalue weighted by atomic mass is 9.81. The zero-order chi connectivity index (χ0) is 21.1. The second kappa shape index (κ2) is 9.11. The number of imide groups is 1. The molecule has 0 aromatic heterocycles. The predicted molar refractivity (Wildman–Crippen MR) is 114 cm³/mol. The topological polar surface area (TPSA) is 66.8 Å². The molecule has 0 radical (unpaired) electrons. The highest BCUT2D eigenvalue weighted by molar-refractivity contribution is 6.05. The lowest BCUT2D eigenvalue weighted by Gasteiger charge is -2.23. The molecule has 5 heteroatoms. The van der Waals surface area contributed by atoms with Crippen LogP contribution in [0.5, 0.6) is 0 Å². The van der Waals surface area contributed by atoms with Gasteiger partial charge in [-0.15, -0.1) is 0 Å². The first-order valence-electron chi connectivity index (χ1n) is 10.8. The molecule has 4 atom stereocenters. The third-order valence-electron chi connectivity index (χ3n) is 6.26. The van der Waals surface area contributed by atoms with E-state index in [4.69, 9.17) is 4.74 Å². The molecule has 4 rings (SSSR count). The van der Waals surface area contributed by atoms with Crippen molar-refractivity contribution in [3.63, 3.8) is 0 Å². The van der Waals surface area contributed by atoms with Gasteiger partial charge in [-0.1, -0.05) is 73.0 Å². The largest absolute Gasteiger partial charge is 0.389 e. The normalized spacial score (nSPS) is 23.3. The number of carbonyl (C=O) groups excluding carboxylic acids is 2. The molecule has 5 nitrogen and oxygen atoms in total. The predicted octanol–water partition coefficient (Wildman–Crippen LogP) is 3.64. The number of aliphatic hydroxyl groups excluding tert-OH is 1. The number of fused-ring (bicyclic) bond motifs is 1. The first kappa shape index (κ1) is 20.8. The highest BCUT2D eigenvalue weighted by Crippen LogP contribution is 2.38. The average molecular weight is 408 g/mol. The van der Waals surface area contributed by atoms with E-state index in [0.29, 0.717) is 0 Å². The van der Waals surface area contributed by atoms with Crippen molar-refractivity contribution < 1.29 is 19.4 Å². The summed E-state index contributed by atoms with van der Waals surface area (Å²) in [6, 6.07) is 18.0. The summed E-state index contributed by atoms with van der Waals surface area (Å²) in [6.07, 6.45) is 2.30. The highest BCUT2D eigenvalue weighted by Gasteiger charge is 2.48. The molecule has 1 saturated carbocycles. The monoisotopic (exact) mass is 407 g/mol. The lowest BCUT2D eigenvalue weighted by Crippen LogP contribution is -2.39. The third-order valence-corrected chi connectivity index (χ3v) is 6.26. The number of amides is 2. The Labute approximate surface area is 177 Å². The Morgan fingerprint density at radius 2 is 1.50 bits per heavy atom. The minimum atomic E-state index is -0.922. The molecule has 2 fully saturated rings. The molecule has 158 valence electrons. The molecule has 2 aliphatic rings. The number of hydrogen-bond donors (Lipinski definition) is 1. The molecule has 1 aliphatic carbocycles. The Kier molecular flexibility index (Phi) is 6.30. The van der Waals surface area contributed by atoms with Crippen molar-refractivity contribution in [3.8, 4) is 0 Å². The maximum atomic E-state index is 12.7. The number of rotatable bonds is 7. The Morgan fingerprint density at radius 3 is 2.10 bits per heavy atom. The van der Waals surface area contributed by atoms with Crippen molar-refractivity contribution in [1.82, 2.24) is 4.90 Å². The van der Waals surface area contributed by atoms with Crippen molar-refractivity contribution in [3.05, 3.63) is 71.3 Å². The number of carbonyl (C=O) groups is 2. The summed E-state index contributed by atoms with van der Waals surface area (Å²) in [5.74, 6) is -0.628. The number of aryl methyl sites for hydroxylation is 1. The third kappa shape index (κ3) is 4.32. The Balaban J connectivity index is 1.43. The smallest absolute Gasteiger partial charge is 0.233 e. The van der Waals surface area contributed by atoms with Gasteiger partial charge in [-0.3, -0.25) is 14.5 Å². The first-order chi connectivity index (χ1) is 14.5. The van der Waals surface area contributed by atoms with Gasteiger partial charge in [0.05, 0.1) is 31.1 Å². The van der Waals surface area contributed by atoms with Crippen LogP contribution < -0.4 is 0 Å². The van der Waals surface area contributed by atoms with Gasteiger partial charge in [0.15, 0.2) is 0 Å². The number of ether oxygens (including phenoxy) is 1. The van der Waals surface area contributed by atoms with Crippen LogP contribution in [0.3, 0.4) is 0 Å². The molecule has 1 N–H and O–H groups in total. The van der Waals surface area contributed by atoms with E-state index in [0.717, 1.165) is 42.4 Å². The molecule has 2 aromatic carbocycles. The van der Waals surface area contributed by atoms with Gasteiger partial charge in [0.2, 0.25) is 11.8 Å². The number of aliphatic hydroxyl groups is 1. The van der Waals surface area contributed by atoms with Crippen LogP contribution in [0.25, 0.3) is 0 Å². The van der Waals surface area contributed by atoms with Gasteiger partial charge in [0.1, 0.15) is 6.10 Å². The fourth-order valence-electron chi connectivity index (χ4n) is 4.64. The molecule has 0 bridgehead atoms. The summed E-state index contributed by atoms with van der Waals surface area (Å²) in [6.45, 7) is 2.08.